The van der Waals surface area contributed by atoms with Gasteiger partial charge in [0.1, 0.15) is 0 Å². The van der Waals surface area contributed by atoms with E-state index >= 15 is 0 Å². The molecule has 2 aliphatic heterocycles. The molecule has 0 aromatic heterocycles. The van der Waals surface area contributed by atoms with Gasteiger partial charge in [0.25, 0.3) is 11.7 Å². The summed E-state index contributed by atoms with van der Waals surface area (Å²) in [7, 11) is 1.67. The van der Waals surface area contributed by atoms with E-state index in [0.29, 0.717) is 5.56 Å². The molecule has 0 aliphatic carbocycles. The van der Waals surface area contributed by atoms with E-state index in [1.54, 1.807) is 13.1 Å². The highest BCUT2D eigenvalue weighted by molar-refractivity contribution is 6.52. The predicted octanol–water partition coefficient (Wildman–Crippen LogP) is 2.47. The van der Waals surface area contributed by atoms with Gasteiger partial charge in [0.05, 0.1) is 11.3 Å². The number of hydrogen-bond donors (Lipinski definition) is 0. The van der Waals surface area contributed by atoms with Gasteiger partial charge in [0, 0.05) is 25.8 Å². The minimum Gasteiger partial charge on any atom is -0.371 e. The van der Waals surface area contributed by atoms with Gasteiger partial charge in [0.15, 0.2) is 0 Å². The van der Waals surface area contributed by atoms with Crippen LogP contribution in [0.15, 0.2) is 18.2 Å². The second-order valence-electron chi connectivity index (χ2n) is 5.76. The van der Waals surface area contributed by atoms with Crippen molar-refractivity contribution in [2.24, 2.45) is 5.92 Å². The predicted molar refractivity (Wildman–Crippen MR) is 79.4 cm³/mol. The molecule has 3 rings (SSSR count). The maximum atomic E-state index is 11.8. The quantitative estimate of drug-likeness (QED) is 0.777. The van der Waals surface area contributed by atoms with Gasteiger partial charge in [-0.15, -0.1) is 0 Å². The van der Waals surface area contributed by atoms with E-state index < -0.39 is 5.91 Å². The first-order valence-corrected chi connectivity index (χ1v) is 7.33. The van der Waals surface area contributed by atoms with Crippen LogP contribution in [0.4, 0.5) is 11.4 Å². The molecule has 4 nitrogen and oxygen atoms in total. The number of ketones is 1. The Kier molecular flexibility index (Phi) is 3.24. The van der Waals surface area contributed by atoms with Crippen LogP contribution in [0, 0.1) is 5.92 Å². The SMILES string of the molecule is CCC1CCCN(c2ccc3c(c2)N(C)C(=O)C3=O)C1. The van der Waals surface area contributed by atoms with Crippen molar-refractivity contribution in [2.45, 2.75) is 26.2 Å². The Balaban J connectivity index is 1.90. The molecule has 20 heavy (non-hydrogen) atoms. The number of rotatable bonds is 2. The van der Waals surface area contributed by atoms with Crippen LogP contribution in [-0.4, -0.2) is 31.8 Å². The van der Waals surface area contributed by atoms with E-state index in [2.05, 4.69) is 11.8 Å². The van der Waals surface area contributed by atoms with Crippen LogP contribution < -0.4 is 9.80 Å². The van der Waals surface area contributed by atoms with Crippen LogP contribution >= 0.6 is 0 Å². The van der Waals surface area contributed by atoms with Gasteiger partial charge in [0.2, 0.25) is 0 Å². The highest BCUT2D eigenvalue weighted by Crippen LogP contribution is 2.33. The van der Waals surface area contributed by atoms with Crippen LogP contribution in [0.1, 0.15) is 36.5 Å². The second-order valence-corrected chi connectivity index (χ2v) is 5.76. The van der Waals surface area contributed by atoms with Gasteiger partial charge in [-0.3, -0.25) is 9.59 Å². The van der Waals surface area contributed by atoms with Crippen LogP contribution in [0.5, 0.6) is 0 Å². The Morgan fingerprint density at radius 2 is 2.10 bits per heavy atom. The maximum absolute atomic E-state index is 11.8. The van der Waals surface area contributed by atoms with Gasteiger partial charge < -0.3 is 9.80 Å². The third-order valence-corrected chi connectivity index (χ3v) is 4.55. The van der Waals surface area contributed by atoms with Crippen molar-refractivity contribution >= 4 is 23.1 Å². The summed E-state index contributed by atoms with van der Waals surface area (Å²) in [6.45, 7) is 4.36. The minimum atomic E-state index is -0.428. The van der Waals surface area contributed by atoms with E-state index in [0.717, 1.165) is 30.4 Å². The van der Waals surface area contributed by atoms with Crippen molar-refractivity contribution in [3.05, 3.63) is 23.8 Å². The molecule has 0 radical (unpaired) electrons. The summed E-state index contributed by atoms with van der Waals surface area (Å²) in [6, 6.07) is 5.75. The van der Waals surface area contributed by atoms with E-state index in [-0.39, 0.29) is 5.78 Å². The zero-order valence-corrected chi connectivity index (χ0v) is 12.1. The lowest BCUT2D eigenvalue weighted by Gasteiger charge is -2.34. The van der Waals surface area contributed by atoms with E-state index in [4.69, 9.17) is 0 Å². The lowest BCUT2D eigenvalue weighted by molar-refractivity contribution is -0.114. The second kappa shape index (κ2) is 4.93. The lowest BCUT2D eigenvalue weighted by Crippen LogP contribution is -2.35. The van der Waals surface area contributed by atoms with Crippen molar-refractivity contribution in [3.63, 3.8) is 0 Å². The Labute approximate surface area is 119 Å². The number of Topliss-reactive ketones (excluding diaryl/α,β-unsaturated/α-hetero) is 1. The molecule has 0 spiro atoms. The molecule has 1 amide bonds. The number of anilines is 2. The number of piperidine rings is 1. The minimum absolute atomic E-state index is 0.390. The van der Waals surface area contributed by atoms with Crippen molar-refractivity contribution in [3.8, 4) is 0 Å². The summed E-state index contributed by atoms with van der Waals surface area (Å²) in [5, 5.41) is 0. The Morgan fingerprint density at radius 1 is 1.30 bits per heavy atom. The standard InChI is InChI=1S/C16H20N2O2/c1-3-11-5-4-8-18(10-11)12-6-7-13-14(9-12)17(2)16(20)15(13)19/h6-7,9,11H,3-5,8,10H2,1-2H3. The van der Waals surface area contributed by atoms with E-state index in [9.17, 15) is 9.59 Å². The third-order valence-electron chi connectivity index (χ3n) is 4.55. The highest BCUT2D eigenvalue weighted by atomic mass is 16.2. The van der Waals surface area contributed by atoms with Crippen molar-refractivity contribution in [1.82, 2.24) is 0 Å². The maximum Gasteiger partial charge on any atom is 0.299 e. The summed E-state index contributed by atoms with van der Waals surface area (Å²) in [6.07, 6.45) is 3.72. The largest absolute Gasteiger partial charge is 0.371 e. The molecule has 2 heterocycles. The van der Waals surface area contributed by atoms with Crippen molar-refractivity contribution in [2.75, 3.05) is 29.9 Å². The first-order chi connectivity index (χ1) is 9.61. The molecule has 4 heteroatoms. The molecule has 1 unspecified atom stereocenters. The fourth-order valence-corrected chi connectivity index (χ4v) is 3.20. The Hall–Kier alpha value is -1.84. The average Bonchev–Trinajstić information content (AvgIpc) is 2.72. The number of amides is 1. The van der Waals surface area contributed by atoms with Crippen LogP contribution in [0.3, 0.4) is 0 Å². The Morgan fingerprint density at radius 3 is 2.85 bits per heavy atom. The molecule has 1 fully saturated rings. The van der Waals surface area contributed by atoms with Gasteiger partial charge in [-0.25, -0.2) is 0 Å². The first-order valence-electron chi connectivity index (χ1n) is 7.33. The van der Waals surface area contributed by atoms with Crippen molar-refractivity contribution in [1.29, 1.82) is 0 Å². The van der Waals surface area contributed by atoms with E-state index in [1.165, 1.54) is 24.2 Å². The smallest absolute Gasteiger partial charge is 0.299 e. The zero-order valence-electron chi connectivity index (χ0n) is 12.1. The Bertz CT molecular complexity index is 568. The molecule has 1 saturated heterocycles. The summed E-state index contributed by atoms with van der Waals surface area (Å²) in [4.78, 5) is 27.3. The van der Waals surface area contributed by atoms with E-state index in [1.807, 2.05) is 12.1 Å². The topological polar surface area (TPSA) is 40.6 Å². The number of fused-ring (bicyclic) bond motifs is 1. The molecule has 0 N–H and O–H groups in total. The summed E-state index contributed by atoms with van der Waals surface area (Å²) in [5.41, 5.74) is 2.40. The number of benzene rings is 1. The molecule has 0 saturated carbocycles. The molecular weight excluding hydrogens is 252 g/mol. The fraction of sp³-hybridized carbons (Fsp3) is 0.500. The number of likely N-dealkylation sites (N-methyl/N-ethyl adjacent to an activating group) is 1. The highest BCUT2D eigenvalue weighted by Gasteiger charge is 2.33. The zero-order chi connectivity index (χ0) is 14.3. The van der Waals surface area contributed by atoms with Gasteiger partial charge >= 0.3 is 0 Å². The third kappa shape index (κ3) is 1.99. The number of carbonyl (C=O) groups excluding carboxylic acids is 2. The van der Waals surface area contributed by atoms with Crippen LogP contribution in [0.25, 0.3) is 0 Å². The lowest BCUT2D eigenvalue weighted by atomic mass is 9.95. The molecule has 1 atom stereocenters. The molecule has 1 aromatic carbocycles. The summed E-state index contributed by atoms with van der Waals surface area (Å²) in [5.74, 6) is -0.0700. The molecule has 106 valence electrons. The average molecular weight is 272 g/mol. The van der Waals surface area contributed by atoms with Crippen molar-refractivity contribution < 1.29 is 9.59 Å². The number of nitrogens with zero attached hydrogens (tertiary/aromatic N) is 2. The number of carbonyl (C=O) groups is 2. The van der Waals surface area contributed by atoms with Crippen LogP contribution in [0.2, 0.25) is 0 Å². The molecule has 1 aromatic rings. The summed E-state index contributed by atoms with van der Waals surface area (Å²) >= 11 is 0. The van der Waals surface area contributed by atoms with Gasteiger partial charge in [-0.2, -0.15) is 0 Å². The van der Waals surface area contributed by atoms with Gasteiger partial charge in [-0.1, -0.05) is 13.3 Å². The molecule has 0 bridgehead atoms. The van der Waals surface area contributed by atoms with Gasteiger partial charge in [-0.05, 0) is 37.0 Å². The van der Waals surface area contributed by atoms with Crippen LogP contribution in [-0.2, 0) is 4.79 Å². The normalized spacial score (nSPS) is 22.4. The monoisotopic (exact) mass is 272 g/mol. The fourth-order valence-electron chi connectivity index (χ4n) is 3.20. The molecule has 2 aliphatic rings. The summed E-state index contributed by atoms with van der Waals surface area (Å²) < 4.78 is 0. The first kappa shape index (κ1) is 13.2. The number of hydrogen-bond acceptors (Lipinski definition) is 3. The molecular formula is C16H20N2O2.